The van der Waals surface area contributed by atoms with Crippen molar-refractivity contribution in [1.82, 2.24) is 19.9 Å². The zero-order valence-corrected chi connectivity index (χ0v) is 23.4. The lowest BCUT2D eigenvalue weighted by Crippen LogP contribution is -2.64. The highest BCUT2D eigenvalue weighted by Crippen LogP contribution is 2.42. The van der Waals surface area contributed by atoms with E-state index < -0.39 is 0 Å². The predicted molar refractivity (Wildman–Crippen MR) is 144 cm³/mol. The molecule has 2 fully saturated rings. The third-order valence-corrected chi connectivity index (χ3v) is 7.80. The molecule has 1 aliphatic heterocycles. The second-order valence-electron chi connectivity index (χ2n) is 12.1. The summed E-state index contributed by atoms with van der Waals surface area (Å²) in [6.45, 7) is 12.6. The number of carbonyl (C=O) groups is 1. The van der Waals surface area contributed by atoms with Gasteiger partial charge in [0, 0.05) is 62.0 Å². The number of aliphatic hydroxyl groups excluding tert-OH is 1. The van der Waals surface area contributed by atoms with Crippen LogP contribution in [0.5, 0.6) is 5.88 Å². The molecule has 1 saturated carbocycles. The Bertz CT molecular complexity index is 1100. The van der Waals surface area contributed by atoms with Gasteiger partial charge in [-0.15, -0.1) is 0 Å². The minimum atomic E-state index is -0.345. The topological polar surface area (TPSA) is 110 Å². The monoisotopic (exact) mass is 513 g/mol. The number of nitrogens with one attached hydrogen (secondary N) is 1. The molecule has 3 heterocycles. The highest BCUT2D eigenvalue weighted by Gasteiger charge is 2.47. The van der Waals surface area contributed by atoms with Gasteiger partial charge in [0.05, 0.1) is 23.6 Å². The van der Waals surface area contributed by atoms with E-state index in [0.29, 0.717) is 31.3 Å². The van der Waals surface area contributed by atoms with Gasteiger partial charge < -0.3 is 24.8 Å². The first kappa shape index (κ1) is 27.5. The lowest BCUT2D eigenvalue weighted by Gasteiger charge is -2.54. The SMILES string of the molecule is COC[C@H](C)Nc1ncc2c(OC3CC(C)(C)N(C(C)=O)C(C)(C)C3)ncc([C@H]3CC[C@H](O)CC3)c2n1. The number of hydrogen-bond acceptors (Lipinski definition) is 8. The van der Waals surface area contributed by atoms with Crippen LogP contribution >= 0.6 is 0 Å². The minimum Gasteiger partial charge on any atom is -0.474 e. The summed E-state index contributed by atoms with van der Waals surface area (Å²) < 4.78 is 11.8. The summed E-state index contributed by atoms with van der Waals surface area (Å²) in [7, 11) is 1.67. The standard InChI is InChI=1S/C28H43N5O4/c1-17(16-36-7)31-26-30-15-23-24(32-26)22(19-8-10-20(35)11-9-19)14-29-25(23)37-21-12-27(3,4)33(18(2)34)28(5,6)13-21/h14-15,17,19-21,35H,8-13,16H2,1-7H3,(H,30,31,32)/t17-,19-,20-/m0/s1. The van der Waals surface area contributed by atoms with E-state index in [0.717, 1.165) is 42.1 Å². The van der Waals surface area contributed by atoms with Crippen LogP contribution < -0.4 is 10.1 Å². The number of aromatic nitrogens is 3. The van der Waals surface area contributed by atoms with E-state index in [4.69, 9.17) is 19.4 Å². The van der Waals surface area contributed by atoms with Gasteiger partial charge in [0.2, 0.25) is 17.7 Å². The Morgan fingerprint density at radius 2 is 1.78 bits per heavy atom. The van der Waals surface area contributed by atoms with Crippen molar-refractivity contribution in [1.29, 1.82) is 0 Å². The molecule has 0 radical (unpaired) electrons. The molecular formula is C28H43N5O4. The largest absolute Gasteiger partial charge is 0.474 e. The number of rotatable bonds is 7. The van der Waals surface area contributed by atoms with Crippen LogP contribution in [0, 0.1) is 0 Å². The van der Waals surface area contributed by atoms with Crippen LogP contribution in [0.4, 0.5) is 5.95 Å². The number of methoxy groups -OCH3 is 1. The van der Waals surface area contributed by atoms with Crippen LogP contribution in [0.3, 0.4) is 0 Å². The first-order valence-electron chi connectivity index (χ1n) is 13.5. The second kappa shape index (κ2) is 10.7. The molecule has 9 heteroatoms. The van der Waals surface area contributed by atoms with Gasteiger partial charge in [0.1, 0.15) is 6.10 Å². The van der Waals surface area contributed by atoms with Crippen LogP contribution in [-0.4, -0.2) is 73.9 Å². The molecule has 204 valence electrons. The molecule has 4 rings (SSSR count). The smallest absolute Gasteiger partial charge is 0.224 e. The van der Waals surface area contributed by atoms with Gasteiger partial charge in [0.25, 0.3) is 0 Å². The summed E-state index contributed by atoms with van der Waals surface area (Å²) in [5, 5.41) is 14.2. The highest BCUT2D eigenvalue weighted by molar-refractivity contribution is 5.86. The molecule has 37 heavy (non-hydrogen) atoms. The van der Waals surface area contributed by atoms with E-state index in [9.17, 15) is 9.90 Å². The highest BCUT2D eigenvalue weighted by atomic mass is 16.5. The molecular weight excluding hydrogens is 470 g/mol. The van der Waals surface area contributed by atoms with Gasteiger partial charge in [-0.2, -0.15) is 0 Å². The number of aliphatic hydroxyl groups is 1. The quantitative estimate of drug-likeness (QED) is 0.559. The van der Waals surface area contributed by atoms with Crippen molar-refractivity contribution in [2.75, 3.05) is 19.0 Å². The second-order valence-corrected chi connectivity index (χ2v) is 12.1. The number of amides is 1. The number of anilines is 1. The van der Waals surface area contributed by atoms with Crippen molar-refractivity contribution in [3.63, 3.8) is 0 Å². The maximum atomic E-state index is 12.5. The molecule has 2 aliphatic rings. The predicted octanol–water partition coefficient (Wildman–Crippen LogP) is 4.44. The van der Waals surface area contributed by atoms with Crippen LogP contribution in [0.2, 0.25) is 0 Å². The van der Waals surface area contributed by atoms with E-state index >= 15 is 0 Å². The zero-order valence-electron chi connectivity index (χ0n) is 23.4. The number of ether oxygens (including phenoxy) is 2. The molecule has 1 aliphatic carbocycles. The third-order valence-electron chi connectivity index (χ3n) is 7.80. The van der Waals surface area contributed by atoms with Crippen LogP contribution in [0.25, 0.3) is 10.9 Å². The van der Waals surface area contributed by atoms with E-state index in [2.05, 4.69) is 38.0 Å². The lowest BCUT2D eigenvalue weighted by molar-refractivity contribution is -0.151. The Kier molecular flexibility index (Phi) is 7.95. The fraction of sp³-hybridized carbons (Fsp3) is 0.714. The fourth-order valence-corrected chi connectivity index (χ4v) is 6.66. The maximum absolute atomic E-state index is 12.5. The molecule has 9 nitrogen and oxygen atoms in total. The number of likely N-dealkylation sites (tertiary alicyclic amines) is 1. The van der Waals surface area contributed by atoms with Gasteiger partial charge in [0.15, 0.2) is 0 Å². The summed E-state index contributed by atoms with van der Waals surface area (Å²) >= 11 is 0. The number of hydrogen-bond donors (Lipinski definition) is 2. The Morgan fingerprint density at radius 3 is 2.38 bits per heavy atom. The van der Waals surface area contributed by atoms with Crippen molar-refractivity contribution in [2.24, 2.45) is 0 Å². The molecule has 0 unspecified atom stereocenters. The fourth-order valence-electron chi connectivity index (χ4n) is 6.66. The Morgan fingerprint density at radius 1 is 1.14 bits per heavy atom. The molecule has 1 saturated heterocycles. The number of fused-ring (bicyclic) bond motifs is 1. The van der Waals surface area contributed by atoms with E-state index in [1.807, 2.05) is 18.0 Å². The summed E-state index contributed by atoms with van der Waals surface area (Å²) in [4.78, 5) is 28.7. The average molecular weight is 514 g/mol. The van der Waals surface area contributed by atoms with Gasteiger partial charge in [-0.3, -0.25) is 4.79 Å². The van der Waals surface area contributed by atoms with Gasteiger partial charge in [-0.05, 0) is 66.2 Å². The first-order chi connectivity index (χ1) is 17.4. The van der Waals surface area contributed by atoms with Crippen molar-refractivity contribution in [3.8, 4) is 5.88 Å². The van der Waals surface area contributed by atoms with E-state index in [1.165, 1.54) is 0 Å². The Hall–Kier alpha value is -2.52. The number of nitrogens with zero attached hydrogens (tertiary/aromatic N) is 4. The van der Waals surface area contributed by atoms with Gasteiger partial charge in [-0.1, -0.05) is 0 Å². The first-order valence-corrected chi connectivity index (χ1v) is 13.5. The number of carbonyl (C=O) groups excluding carboxylic acids is 1. The zero-order chi connectivity index (χ0) is 27.0. The Balaban J connectivity index is 1.68. The van der Waals surface area contributed by atoms with Crippen molar-refractivity contribution >= 4 is 22.8 Å². The number of pyridine rings is 1. The summed E-state index contributed by atoms with van der Waals surface area (Å²) in [5.74, 6) is 1.43. The van der Waals surface area contributed by atoms with Crippen LogP contribution in [0.1, 0.15) is 91.5 Å². The van der Waals surface area contributed by atoms with Crippen LogP contribution in [-0.2, 0) is 9.53 Å². The maximum Gasteiger partial charge on any atom is 0.224 e. The van der Waals surface area contributed by atoms with Crippen molar-refractivity contribution in [3.05, 3.63) is 18.0 Å². The average Bonchev–Trinajstić information content (AvgIpc) is 2.78. The van der Waals surface area contributed by atoms with Crippen molar-refractivity contribution in [2.45, 2.75) is 115 Å². The molecule has 0 spiro atoms. The summed E-state index contributed by atoms with van der Waals surface area (Å²) in [5.41, 5.74) is 1.23. The van der Waals surface area contributed by atoms with Crippen LogP contribution in [0.15, 0.2) is 12.4 Å². The normalized spacial score (nSPS) is 24.6. The minimum absolute atomic E-state index is 0.0595. The molecule has 2 N–H and O–H groups in total. The van der Waals surface area contributed by atoms with Gasteiger partial charge in [-0.25, -0.2) is 15.0 Å². The summed E-state index contributed by atoms with van der Waals surface area (Å²) in [6, 6.07) is 0.0595. The molecule has 2 aromatic rings. The number of piperidine rings is 1. The summed E-state index contributed by atoms with van der Waals surface area (Å²) in [6.07, 6.45) is 8.14. The Labute approximate surface area is 220 Å². The molecule has 1 amide bonds. The van der Waals surface area contributed by atoms with Gasteiger partial charge >= 0.3 is 0 Å². The molecule has 0 bridgehead atoms. The van der Waals surface area contributed by atoms with E-state index in [1.54, 1.807) is 20.2 Å². The third kappa shape index (κ3) is 5.98. The molecule has 0 aromatic carbocycles. The lowest BCUT2D eigenvalue weighted by atomic mass is 9.78. The van der Waals surface area contributed by atoms with Crippen molar-refractivity contribution < 1.29 is 19.4 Å². The van der Waals surface area contributed by atoms with E-state index in [-0.39, 0.29) is 41.2 Å². The molecule has 2 aromatic heterocycles. The molecule has 1 atom stereocenters.